The number of carbonyl (C=O) groups is 2. The summed E-state index contributed by atoms with van der Waals surface area (Å²) in [6, 6.07) is 21.1. The van der Waals surface area contributed by atoms with Gasteiger partial charge in [-0.15, -0.1) is 0 Å². The summed E-state index contributed by atoms with van der Waals surface area (Å²) in [7, 11) is 2.75. The van der Waals surface area contributed by atoms with Crippen LogP contribution in [-0.2, 0) is 19.1 Å². The molecule has 5 aliphatic rings. The Morgan fingerprint density at radius 2 is 1.00 bits per heavy atom. The van der Waals surface area contributed by atoms with E-state index in [1.165, 1.54) is 25.3 Å². The Morgan fingerprint density at radius 3 is 1.35 bits per heavy atom. The van der Waals surface area contributed by atoms with Gasteiger partial charge in [-0.25, -0.2) is 20.4 Å². The average Bonchev–Trinajstić information content (AvgIpc) is 2.89. The highest BCUT2D eigenvalue weighted by Gasteiger charge is 2.67. The SMILES string of the molecule is COC(=O)C1=C(C(=O)OC)C2C=CC1C1C2C2C(c3ccccc3)NNC(c3ccccc3)C12. The number of nitrogens with one attached hydrogen (secondary N) is 2. The molecule has 2 aromatic rings. The first-order valence-corrected chi connectivity index (χ1v) is 11.9. The maximum atomic E-state index is 12.9. The summed E-state index contributed by atoms with van der Waals surface area (Å²) in [5.41, 5.74) is 10.6. The van der Waals surface area contributed by atoms with Crippen LogP contribution in [0, 0.1) is 35.5 Å². The summed E-state index contributed by atoms with van der Waals surface area (Å²) in [6.07, 6.45) is 4.23. The number of carbonyl (C=O) groups excluding carboxylic acids is 2. The first-order valence-electron chi connectivity index (χ1n) is 11.9. The maximum Gasteiger partial charge on any atom is 0.334 e. The van der Waals surface area contributed by atoms with E-state index in [4.69, 9.17) is 9.47 Å². The van der Waals surface area contributed by atoms with E-state index in [1.54, 1.807) is 0 Å². The molecule has 6 heteroatoms. The van der Waals surface area contributed by atoms with Crippen molar-refractivity contribution >= 4 is 11.9 Å². The van der Waals surface area contributed by atoms with Crippen molar-refractivity contribution in [1.29, 1.82) is 0 Å². The third-order valence-electron chi connectivity index (χ3n) is 8.38. The van der Waals surface area contributed by atoms with Gasteiger partial charge in [-0.05, 0) is 34.8 Å². The predicted molar refractivity (Wildman–Crippen MR) is 126 cm³/mol. The Morgan fingerprint density at radius 1 is 0.618 bits per heavy atom. The number of allylic oxidation sites excluding steroid dienone is 2. The van der Waals surface area contributed by atoms with E-state index >= 15 is 0 Å². The molecule has 2 aromatic carbocycles. The molecular weight excluding hydrogens is 428 g/mol. The summed E-state index contributed by atoms with van der Waals surface area (Å²) < 4.78 is 10.3. The Bertz CT molecular complexity index is 1080. The highest BCUT2D eigenvalue weighted by molar-refractivity contribution is 6.02. The number of rotatable bonds is 4. The molecule has 34 heavy (non-hydrogen) atoms. The van der Waals surface area contributed by atoms with Crippen LogP contribution in [0.2, 0.25) is 0 Å². The van der Waals surface area contributed by atoms with E-state index in [1.807, 2.05) is 12.1 Å². The summed E-state index contributed by atoms with van der Waals surface area (Å²) >= 11 is 0. The largest absolute Gasteiger partial charge is 0.466 e. The smallest absolute Gasteiger partial charge is 0.334 e. The van der Waals surface area contributed by atoms with Crippen LogP contribution in [-0.4, -0.2) is 26.2 Å². The van der Waals surface area contributed by atoms with Crippen LogP contribution in [0.1, 0.15) is 23.2 Å². The fraction of sp³-hybridized carbons (Fsp3) is 0.357. The predicted octanol–water partition coefficient (Wildman–Crippen LogP) is 3.51. The van der Waals surface area contributed by atoms with Gasteiger partial charge < -0.3 is 9.47 Å². The van der Waals surface area contributed by atoms with Crippen molar-refractivity contribution in [2.75, 3.05) is 14.2 Å². The lowest BCUT2D eigenvalue weighted by Gasteiger charge is -2.67. The third-order valence-corrected chi connectivity index (χ3v) is 8.38. The van der Waals surface area contributed by atoms with Gasteiger partial charge in [-0.1, -0.05) is 72.8 Å². The van der Waals surface area contributed by atoms with Crippen LogP contribution >= 0.6 is 0 Å². The normalized spacial score (nSPS) is 35.1. The fourth-order valence-electron chi connectivity index (χ4n) is 7.18. The van der Waals surface area contributed by atoms with Crippen molar-refractivity contribution < 1.29 is 19.1 Å². The Labute approximate surface area is 199 Å². The molecular formula is C28H28N2O4. The van der Waals surface area contributed by atoms with E-state index in [-0.39, 0.29) is 47.6 Å². The molecule has 0 aromatic heterocycles. The molecule has 1 aliphatic heterocycles. The molecule has 2 fully saturated rings. The zero-order chi connectivity index (χ0) is 23.4. The van der Waals surface area contributed by atoms with Crippen molar-refractivity contribution in [1.82, 2.24) is 10.9 Å². The van der Waals surface area contributed by atoms with Crippen molar-refractivity contribution in [2.45, 2.75) is 12.1 Å². The first kappa shape index (κ1) is 21.3. The van der Waals surface area contributed by atoms with Crippen molar-refractivity contribution in [3.8, 4) is 0 Å². The van der Waals surface area contributed by atoms with Crippen molar-refractivity contribution in [2.24, 2.45) is 35.5 Å². The molecule has 1 saturated heterocycles. The van der Waals surface area contributed by atoms with E-state index in [0.29, 0.717) is 11.1 Å². The topological polar surface area (TPSA) is 76.7 Å². The molecule has 1 saturated carbocycles. The van der Waals surface area contributed by atoms with Crippen LogP contribution in [0.15, 0.2) is 84.0 Å². The quantitative estimate of drug-likeness (QED) is 0.542. The van der Waals surface area contributed by atoms with Gasteiger partial charge in [0.05, 0.1) is 25.4 Å². The first-order chi connectivity index (χ1) is 16.7. The minimum Gasteiger partial charge on any atom is -0.466 e. The van der Waals surface area contributed by atoms with Crippen molar-refractivity contribution in [3.05, 3.63) is 95.1 Å². The number of hydrogen-bond donors (Lipinski definition) is 2. The van der Waals surface area contributed by atoms with Gasteiger partial charge in [-0.2, -0.15) is 0 Å². The second-order valence-electron chi connectivity index (χ2n) is 9.62. The number of ether oxygens (including phenoxy) is 2. The molecule has 0 spiro atoms. The van der Waals surface area contributed by atoms with Gasteiger partial charge in [0.15, 0.2) is 0 Å². The average molecular weight is 457 g/mol. The Balaban J connectivity index is 1.48. The summed E-state index contributed by atoms with van der Waals surface area (Å²) in [6.45, 7) is 0. The van der Waals surface area contributed by atoms with Gasteiger partial charge >= 0.3 is 11.9 Å². The van der Waals surface area contributed by atoms with Gasteiger partial charge in [0.25, 0.3) is 0 Å². The van der Waals surface area contributed by atoms with Crippen LogP contribution in [0.3, 0.4) is 0 Å². The summed E-state index contributed by atoms with van der Waals surface area (Å²) in [5, 5.41) is 0. The van der Waals surface area contributed by atoms with Crippen LogP contribution in [0.5, 0.6) is 0 Å². The lowest BCUT2D eigenvalue weighted by Crippen LogP contribution is -2.69. The number of fused-ring (bicyclic) bond motifs is 1. The molecule has 4 aliphatic carbocycles. The van der Waals surface area contributed by atoms with Crippen LogP contribution in [0.25, 0.3) is 0 Å². The Kier molecular flexibility index (Phi) is 5.15. The van der Waals surface area contributed by atoms with E-state index in [0.717, 1.165) is 0 Å². The van der Waals surface area contributed by atoms with Gasteiger partial charge in [0.1, 0.15) is 0 Å². The molecule has 174 valence electrons. The number of methoxy groups -OCH3 is 2. The molecule has 1 heterocycles. The number of hydrazine groups is 1. The second kappa shape index (κ2) is 8.22. The maximum absolute atomic E-state index is 12.9. The molecule has 0 radical (unpaired) electrons. The Hall–Kier alpha value is -3.22. The number of benzene rings is 2. The van der Waals surface area contributed by atoms with Gasteiger partial charge in [-0.3, -0.25) is 0 Å². The van der Waals surface area contributed by atoms with Gasteiger partial charge in [0.2, 0.25) is 0 Å². The van der Waals surface area contributed by atoms with Crippen molar-refractivity contribution in [3.63, 3.8) is 0 Å². The lowest BCUT2D eigenvalue weighted by molar-refractivity contribution is -0.157. The summed E-state index contributed by atoms with van der Waals surface area (Å²) in [5.74, 6) is -0.160. The minimum atomic E-state index is -0.431. The fourth-order valence-corrected chi connectivity index (χ4v) is 7.18. The molecule has 2 bridgehead atoms. The zero-order valence-corrected chi connectivity index (χ0v) is 19.2. The third kappa shape index (κ3) is 2.95. The minimum absolute atomic E-state index is 0.0978. The van der Waals surface area contributed by atoms with Crippen LogP contribution in [0.4, 0.5) is 0 Å². The standard InChI is InChI=1S/C28H28N2O4/c1-33-27(31)21-17-13-14-18(22(21)28(32)34-2)20-19(17)23-24(20)26(16-11-7-4-8-12-16)30-29-25(23)15-9-5-3-6-10-15/h3-14,17-20,23-26,29-30H,1-2H3. The van der Waals surface area contributed by atoms with E-state index < -0.39 is 11.9 Å². The monoisotopic (exact) mass is 456 g/mol. The second-order valence-corrected chi connectivity index (χ2v) is 9.62. The molecule has 6 nitrogen and oxygen atoms in total. The number of hydrogen-bond acceptors (Lipinski definition) is 6. The van der Waals surface area contributed by atoms with E-state index in [9.17, 15) is 9.59 Å². The molecule has 8 unspecified atom stereocenters. The van der Waals surface area contributed by atoms with Gasteiger partial charge in [0, 0.05) is 23.9 Å². The zero-order valence-electron chi connectivity index (χ0n) is 19.2. The summed E-state index contributed by atoms with van der Waals surface area (Å²) in [4.78, 5) is 25.8. The molecule has 8 atom stereocenters. The number of esters is 2. The highest BCUT2D eigenvalue weighted by Crippen LogP contribution is 2.68. The van der Waals surface area contributed by atoms with E-state index in [2.05, 4.69) is 71.5 Å². The highest BCUT2D eigenvalue weighted by atomic mass is 16.5. The molecule has 2 N–H and O–H groups in total. The lowest BCUT2D eigenvalue weighted by atomic mass is 9.39. The van der Waals surface area contributed by atoms with Crippen LogP contribution < -0.4 is 10.9 Å². The molecule has 7 rings (SSSR count). The molecule has 0 amide bonds.